The number of nitrogens with zero attached hydrogens (tertiary/aromatic N) is 2. The molecule has 7 heteroatoms. The number of aliphatic carboxylic acids is 1. The van der Waals surface area contributed by atoms with E-state index in [2.05, 4.69) is 24.1 Å². The molecular formula is C26H28N2O4Sn. The van der Waals surface area contributed by atoms with Gasteiger partial charge in [0.05, 0.1) is 11.7 Å². The Labute approximate surface area is 213 Å². The maximum atomic E-state index is 11.3. The topological polar surface area (TPSA) is 108 Å². The number of hydrogen-bond donors (Lipinski definition) is 1. The van der Waals surface area contributed by atoms with E-state index in [1.807, 2.05) is 60.7 Å². The minimum absolute atomic E-state index is 0. The fraction of sp³-hybridized carbons (Fsp3) is 0.115. The van der Waals surface area contributed by atoms with Crippen LogP contribution < -0.4 is 10.2 Å². The van der Waals surface area contributed by atoms with Crippen molar-refractivity contribution in [1.29, 1.82) is 0 Å². The Balaban J connectivity index is 0. The second-order valence-electron chi connectivity index (χ2n) is 6.03. The van der Waals surface area contributed by atoms with Crippen molar-refractivity contribution in [2.24, 2.45) is 10.2 Å². The van der Waals surface area contributed by atoms with Crippen LogP contribution in [0.3, 0.4) is 0 Å². The third kappa shape index (κ3) is 18.1. The van der Waals surface area contributed by atoms with Crippen LogP contribution in [0.4, 0.5) is 0 Å². The first-order valence-electron chi connectivity index (χ1n) is 9.72. The quantitative estimate of drug-likeness (QED) is 0.177. The van der Waals surface area contributed by atoms with Crippen molar-refractivity contribution >= 4 is 41.5 Å². The number of carbonyl (C=O) groups is 1. The Hall–Kier alpha value is -3.23. The van der Waals surface area contributed by atoms with E-state index >= 15 is 0 Å². The summed E-state index contributed by atoms with van der Waals surface area (Å²) in [6.07, 6.45) is 0. The third-order valence-corrected chi connectivity index (χ3v) is 3.29. The van der Waals surface area contributed by atoms with Crippen LogP contribution in [0.5, 0.6) is 0 Å². The molecule has 0 fully saturated rings. The van der Waals surface area contributed by atoms with Gasteiger partial charge in [0.15, 0.2) is 0 Å². The molecule has 0 aromatic heterocycles. The first-order valence-corrected chi connectivity index (χ1v) is 9.72. The molecule has 33 heavy (non-hydrogen) atoms. The van der Waals surface area contributed by atoms with Crippen molar-refractivity contribution in [1.82, 2.24) is 0 Å². The number of carboxylic acids is 1. The molecule has 170 valence electrons. The number of aliphatic hydroxyl groups excluding tert-OH is 1. The number of benzene rings is 3. The number of carboxylic acid groups (broad SMARTS) is 1. The Kier molecular flexibility index (Phi) is 20.0. The molecule has 0 aliphatic heterocycles. The van der Waals surface area contributed by atoms with Crippen molar-refractivity contribution in [3.63, 3.8) is 0 Å². The summed E-state index contributed by atoms with van der Waals surface area (Å²) >= 11 is 0. The van der Waals surface area contributed by atoms with Crippen LogP contribution in [0.25, 0.3) is 0 Å². The van der Waals surface area contributed by atoms with Crippen LogP contribution in [0.2, 0.25) is 0 Å². The predicted molar refractivity (Wildman–Crippen MR) is 131 cm³/mol. The summed E-state index contributed by atoms with van der Waals surface area (Å²) < 4.78 is 0. The van der Waals surface area contributed by atoms with Crippen molar-refractivity contribution in [3.8, 4) is 0 Å². The number of carbonyl (C=O) groups excluding carboxylic acids is 1. The van der Waals surface area contributed by atoms with Gasteiger partial charge < -0.3 is 20.1 Å². The SMILES string of the molecule is C/C(=N\N=C(/[O-])c1ccccc1)C(=O)[O-].CCO.[CH2-]c1ccccc1.[CH2-]c1ccccc1.[Sn+4]. The van der Waals surface area contributed by atoms with Gasteiger partial charge in [-0.15, -0.1) is 24.3 Å². The van der Waals surface area contributed by atoms with Crippen molar-refractivity contribution in [2.75, 3.05) is 6.61 Å². The average Bonchev–Trinajstić information content (AvgIpc) is 2.80. The van der Waals surface area contributed by atoms with Gasteiger partial charge >= 0.3 is 23.9 Å². The standard InChI is InChI=1S/C10H10N2O3.2C7H7.C2H6O.Sn/c1-7(10(14)15)11-12-9(13)8-5-3-2-4-6-8;2*1-7-5-3-2-4-6-7;1-2-3;/h2-6H,1H3,(H,12,13)(H,14,15);2*2-6H,1H2;3H,2H2,1H3;/q;2*-1;;+4/p-2/b11-7+;;;;. The molecule has 1 N–H and O–H groups in total. The summed E-state index contributed by atoms with van der Waals surface area (Å²) in [4.78, 5) is 10.2. The maximum absolute atomic E-state index is 11.3. The van der Waals surface area contributed by atoms with Gasteiger partial charge in [-0.25, -0.2) is 0 Å². The van der Waals surface area contributed by atoms with Gasteiger partial charge in [-0.05, 0) is 19.4 Å². The third-order valence-electron chi connectivity index (χ3n) is 3.29. The Morgan fingerprint density at radius 3 is 1.39 bits per heavy atom. The molecule has 0 atom stereocenters. The zero-order valence-electron chi connectivity index (χ0n) is 18.8. The number of hydrogen-bond acceptors (Lipinski definition) is 6. The second kappa shape index (κ2) is 20.7. The van der Waals surface area contributed by atoms with Crippen LogP contribution in [-0.2, 0) is 4.79 Å². The number of aliphatic hydroxyl groups is 1. The summed E-state index contributed by atoms with van der Waals surface area (Å²) in [7, 11) is 0. The van der Waals surface area contributed by atoms with Gasteiger partial charge in [-0.2, -0.15) is 59.4 Å². The average molecular weight is 551 g/mol. The summed E-state index contributed by atoms with van der Waals surface area (Å²) in [5.74, 6) is -2.03. The molecule has 0 heterocycles. The molecule has 0 amide bonds. The molecule has 0 spiro atoms. The largest absolute Gasteiger partial charge is 4.00 e. The van der Waals surface area contributed by atoms with Crippen molar-refractivity contribution < 1.29 is 20.1 Å². The Morgan fingerprint density at radius 1 is 0.788 bits per heavy atom. The van der Waals surface area contributed by atoms with Crippen LogP contribution in [0.1, 0.15) is 30.5 Å². The van der Waals surface area contributed by atoms with E-state index in [4.69, 9.17) is 5.11 Å². The smallest absolute Gasteiger partial charge is 0.857 e. The van der Waals surface area contributed by atoms with E-state index in [0.29, 0.717) is 5.56 Å². The first-order chi connectivity index (χ1) is 15.3. The van der Waals surface area contributed by atoms with Crippen molar-refractivity contribution in [3.05, 3.63) is 122 Å². The van der Waals surface area contributed by atoms with Gasteiger partial charge in [0, 0.05) is 12.5 Å². The van der Waals surface area contributed by atoms with Gasteiger partial charge in [-0.3, -0.25) is 0 Å². The molecule has 3 rings (SSSR count). The molecule has 0 saturated carbocycles. The van der Waals surface area contributed by atoms with Gasteiger partial charge in [0.25, 0.3) is 0 Å². The minimum Gasteiger partial charge on any atom is -0.857 e. The zero-order chi connectivity index (χ0) is 24.2. The molecule has 0 radical (unpaired) electrons. The molecule has 0 unspecified atom stereocenters. The van der Waals surface area contributed by atoms with Crippen LogP contribution in [0.15, 0.2) is 101 Å². The van der Waals surface area contributed by atoms with Crippen LogP contribution in [0, 0.1) is 13.8 Å². The monoisotopic (exact) mass is 552 g/mol. The maximum Gasteiger partial charge on any atom is 4.00 e. The fourth-order valence-corrected chi connectivity index (χ4v) is 1.76. The van der Waals surface area contributed by atoms with Gasteiger partial charge in [0.1, 0.15) is 0 Å². The normalized spacial score (nSPS) is 9.91. The zero-order valence-corrected chi connectivity index (χ0v) is 21.7. The Bertz CT molecular complexity index is 895. The molecule has 3 aromatic carbocycles. The van der Waals surface area contributed by atoms with Gasteiger partial charge in [-0.1, -0.05) is 42.5 Å². The minimum atomic E-state index is -1.44. The van der Waals surface area contributed by atoms with Crippen molar-refractivity contribution in [2.45, 2.75) is 13.8 Å². The molecule has 0 aliphatic rings. The van der Waals surface area contributed by atoms with E-state index in [0.717, 1.165) is 11.1 Å². The predicted octanol–water partition coefficient (Wildman–Crippen LogP) is 2.27. The summed E-state index contributed by atoms with van der Waals surface area (Å²) in [5.41, 5.74) is 2.16. The van der Waals surface area contributed by atoms with Crippen LogP contribution in [-0.4, -0.2) is 53.2 Å². The number of rotatable bonds is 3. The molecule has 0 saturated heterocycles. The fourth-order valence-electron chi connectivity index (χ4n) is 1.76. The van der Waals surface area contributed by atoms with Gasteiger partial charge in [0.2, 0.25) is 0 Å². The molecule has 6 nitrogen and oxygen atoms in total. The van der Waals surface area contributed by atoms with E-state index in [1.165, 1.54) is 6.92 Å². The molecular weight excluding hydrogens is 523 g/mol. The van der Waals surface area contributed by atoms with E-state index in [9.17, 15) is 15.0 Å². The molecule has 0 bridgehead atoms. The molecule has 0 aliphatic carbocycles. The Morgan fingerprint density at radius 2 is 1.12 bits per heavy atom. The second-order valence-corrected chi connectivity index (χ2v) is 6.03. The van der Waals surface area contributed by atoms with E-state index in [-0.39, 0.29) is 36.2 Å². The first kappa shape index (κ1) is 32.0. The summed E-state index contributed by atoms with van der Waals surface area (Å²) in [6.45, 7) is 10.6. The molecule has 3 aromatic rings. The summed E-state index contributed by atoms with van der Waals surface area (Å²) in [5, 5.41) is 35.6. The van der Waals surface area contributed by atoms with E-state index in [1.54, 1.807) is 37.3 Å². The van der Waals surface area contributed by atoms with Crippen LogP contribution >= 0.6 is 0 Å². The van der Waals surface area contributed by atoms with E-state index < -0.39 is 11.9 Å². The summed E-state index contributed by atoms with van der Waals surface area (Å²) in [6, 6.07) is 28.0.